The van der Waals surface area contributed by atoms with Crippen LogP contribution in [-0.2, 0) is 21.5 Å². The van der Waals surface area contributed by atoms with Gasteiger partial charge in [0.25, 0.3) is 0 Å². The summed E-state index contributed by atoms with van der Waals surface area (Å²) in [5.41, 5.74) is 3.50. The molecule has 0 unspecified atom stereocenters. The minimum Gasteiger partial charge on any atom is -0.462 e. The topological polar surface area (TPSA) is 38.3 Å². The Kier molecular flexibility index (Phi) is 9.36. The fourth-order valence-corrected chi connectivity index (χ4v) is 6.33. The lowest BCUT2D eigenvalue weighted by Crippen LogP contribution is -2.44. The maximum atomic E-state index is 13.5. The summed E-state index contributed by atoms with van der Waals surface area (Å²) in [4.78, 5) is 13.5. The Morgan fingerprint density at radius 2 is 1.59 bits per heavy atom. The molecule has 5 rings (SSSR count). The molecular weight excluding hydrogens is 502 g/mol. The van der Waals surface area contributed by atoms with E-state index in [-0.39, 0.29) is 29.4 Å². The minimum atomic E-state index is -0.133. The lowest BCUT2D eigenvalue weighted by Gasteiger charge is -2.44. The zero-order valence-corrected chi connectivity index (χ0v) is 24.6. The fraction of sp³-hybridized carbons (Fsp3) is 0.342. The van der Waals surface area contributed by atoms with Crippen molar-refractivity contribution in [2.45, 2.75) is 70.6 Å². The fourth-order valence-electron chi connectivity index (χ4n) is 6.33. The van der Waals surface area contributed by atoms with E-state index in [0.717, 1.165) is 24.8 Å². The van der Waals surface area contributed by atoms with Gasteiger partial charge in [-0.1, -0.05) is 142 Å². The van der Waals surface area contributed by atoms with Crippen LogP contribution in [0.3, 0.4) is 0 Å². The molecule has 1 fully saturated rings. The summed E-state index contributed by atoms with van der Waals surface area (Å²) < 4.78 is 6.39. The van der Waals surface area contributed by atoms with E-state index in [1.165, 1.54) is 21.9 Å². The molecule has 1 N–H and O–H groups in total. The van der Waals surface area contributed by atoms with Gasteiger partial charge >= 0.3 is 5.97 Å². The third kappa shape index (κ3) is 7.54. The van der Waals surface area contributed by atoms with Crippen LogP contribution in [0.25, 0.3) is 16.8 Å². The molecule has 3 nitrogen and oxygen atoms in total. The molecule has 0 spiro atoms. The van der Waals surface area contributed by atoms with Crippen LogP contribution in [0.5, 0.6) is 0 Å². The molecule has 1 saturated carbocycles. The van der Waals surface area contributed by atoms with E-state index in [1.54, 1.807) is 0 Å². The van der Waals surface area contributed by atoms with Crippen molar-refractivity contribution in [1.82, 2.24) is 5.32 Å². The monoisotopic (exact) mass is 545 g/mol. The summed E-state index contributed by atoms with van der Waals surface area (Å²) in [6, 6.07) is 35.7. The number of nitrogens with one attached hydrogen (secondary N) is 1. The lowest BCUT2D eigenvalue weighted by molar-refractivity contribution is -0.156. The average molecular weight is 546 g/mol. The summed E-state index contributed by atoms with van der Waals surface area (Å²) in [5, 5.41) is 6.09. The van der Waals surface area contributed by atoms with E-state index in [9.17, 15) is 4.79 Å². The quantitative estimate of drug-likeness (QED) is 0.203. The number of carbonyl (C=O) groups excluding carboxylic acids is 1. The number of benzene rings is 4. The van der Waals surface area contributed by atoms with Gasteiger partial charge in [0.1, 0.15) is 6.10 Å². The Labute approximate surface area is 245 Å². The standard InChI is InChI=1S/C38H43NO2/c1-28-18-23-35(38(2,3)33-21-20-31-16-10-11-17-32(31)25-33)36(24-28)41-37(40)26-34(22-19-29-12-6-4-7-13-29)39-27-30-14-8-5-9-15-30/h4-17,19-22,25,28,34-36,39H,18,23-24,26-27H2,1-3H3/b22-19+/t28-,34+,35-,36-/m1/s1. The molecule has 0 bridgehead atoms. The number of hydrogen-bond acceptors (Lipinski definition) is 3. The molecule has 4 aromatic rings. The van der Waals surface area contributed by atoms with E-state index in [4.69, 9.17) is 4.74 Å². The molecule has 0 heterocycles. The van der Waals surface area contributed by atoms with Crippen molar-refractivity contribution in [3.63, 3.8) is 0 Å². The predicted molar refractivity (Wildman–Crippen MR) is 171 cm³/mol. The van der Waals surface area contributed by atoms with Crippen LogP contribution < -0.4 is 5.32 Å². The maximum Gasteiger partial charge on any atom is 0.307 e. The van der Waals surface area contributed by atoms with Crippen LogP contribution in [0, 0.1) is 11.8 Å². The van der Waals surface area contributed by atoms with Crippen LogP contribution in [0.4, 0.5) is 0 Å². The van der Waals surface area contributed by atoms with Crippen molar-refractivity contribution in [3.8, 4) is 0 Å². The molecule has 0 aliphatic heterocycles. The maximum absolute atomic E-state index is 13.5. The number of carbonyl (C=O) groups is 1. The molecule has 0 radical (unpaired) electrons. The first-order chi connectivity index (χ1) is 19.9. The average Bonchev–Trinajstić information content (AvgIpc) is 2.99. The first kappa shape index (κ1) is 28.8. The molecule has 3 heteroatoms. The summed E-state index contributed by atoms with van der Waals surface area (Å²) in [7, 11) is 0. The summed E-state index contributed by atoms with van der Waals surface area (Å²) in [6.45, 7) is 7.62. The second-order valence-corrected chi connectivity index (χ2v) is 12.3. The summed E-state index contributed by atoms with van der Waals surface area (Å²) >= 11 is 0. The van der Waals surface area contributed by atoms with E-state index in [2.05, 4.69) is 105 Å². The van der Waals surface area contributed by atoms with Gasteiger partial charge in [-0.3, -0.25) is 4.79 Å². The Morgan fingerprint density at radius 3 is 2.34 bits per heavy atom. The van der Waals surface area contributed by atoms with Crippen LogP contribution >= 0.6 is 0 Å². The van der Waals surface area contributed by atoms with E-state index >= 15 is 0 Å². The first-order valence-electron chi connectivity index (χ1n) is 15.1. The van der Waals surface area contributed by atoms with Gasteiger partial charge in [0.2, 0.25) is 0 Å². The zero-order chi connectivity index (χ0) is 28.7. The molecule has 1 aliphatic carbocycles. The van der Waals surface area contributed by atoms with Gasteiger partial charge in [0.05, 0.1) is 6.42 Å². The highest BCUT2D eigenvalue weighted by atomic mass is 16.5. The predicted octanol–water partition coefficient (Wildman–Crippen LogP) is 8.73. The van der Waals surface area contributed by atoms with Crippen molar-refractivity contribution in [1.29, 1.82) is 0 Å². The highest BCUT2D eigenvalue weighted by Crippen LogP contribution is 2.44. The van der Waals surface area contributed by atoms with Gasteiger partial charge in [-0.15, -0.1) is 0 Å². The molecule has 0 aromatic heterocycles. The summed E-state index contributed by atoms with van der Waals surface area (Å²) in [5.74, 6) is 0.674. The number of esters is 1. The smallest absolute Gasteiger partial charge is 0.307 e. The van der Waals surface area contributed by atoms with Gasteiger partial charge in [-0.2, -0.15) is 0 Å². The molecule has 41 heavy (non-hydrogen) atoms. The van der Waals surface area contributed by atoms with Crippen molar-refractivity contribution < 1.29 is 9.53 Å². The number of fused-ring (bicyclic) bond motifs is 1. The van der Waals surface area contributed by atoms with Gasteiger partial charge in [-0.05, 0) is 51.6 Å². The van der Waals surface area contributed by atoms with Gasteiger partial charge in [0, 0.05) is 18.5 Å². The van der Waals surface area contributed by atoms with Crippen molar-refractivity contribution >= 4 is 22.8 Å². The van der Waals surface area contributed by atoms with Gasteiger partial charge < -0.3 is 10.1 Å². The largest absolute Gasteiger partial charge is 0.462 e. The molecule has 4 atom stereocenters. The van der Waals surface area contributed by atoms with Gasteiger partial charge in [0.15, 0.2) is 0 Å². The highest BCUT2D eigenvalue weighted by Gasteiger charge is 2.42. The minimum absolute atomic E-state index is 0.0967. The second kappa shape index (κ2) is 13.3. The van der Waals surface area contributed by atoms with Crippen molar-refractivity contribution in [3.05, 3.63) is 126 Å². The Hall–Kier alpha value is -3.69. The molecule has 212 valence electrons. The normalized spacial score (nSPS) is 20.2. The van der Waals surface area contributed by atoms with Gasteiger partial charge in [-0.25, -0.2) is 0 Å². The Morgan fingerprint density at radius 1 is 0.902 bits per heavy atom. The first-order valence-corrected chi connectivity index (χ1v) is 15.1. The van der Waals surface area contributed by atoms with Crippen LogP contribution in [-0.4, -0.2) is 18.1 Å². The van der Waals surface area contributed by atoms with Crippen LogP contribution in [0.2, 0.25) is 0 Å². The highest BCUT2D eigenvalue weighted by molar-refractivity contribution is 5.83. The van der Waals surface area contributed by atoms with Crippen LogP contribution in [0.15, 0.2) is 109 Å². The molecule has 1 aliphatic rings. The Bertz CT molecular complexity index is 1440. The Balaban J connectivity index is 1.31. The van der Waals surface area contributed by atoms with Crippen LogP contribution in [0.1, 0.15) is 63.1 Å². The third-order valence-electron chi connectivity index (χ3n) is 8.88. The molecule has 0 amide bonds. The molecular formula is C38H43NO2. The number of hydrogen-bond donors (Lipinski definition) is 1. The van der Waals surface area contributed by atoms with Crippen molar-refractivity contribution in [2.24, 2.45) is 11.8 Å². The van der Waals surface area contributed by atoms with Crippen molar-refractivity contribution in [2.75, 3.05) is 0 Å². The third-order valence-corrected chi connectivity index (χ3v) is 8.88. The van der Waals surface area contributed by atoms with E-state index in [1.807, 2.05) is 36.4 Å². The van der Waals surface area contributed by atoms with E-state index < -0.39 is 0 Å². The lowest BCUT2D eigenvalue weighted by atomic mass is 9.64. The van der Waals surface area contributed by atoms with E-state index in [0.29, 0.717) is 18.9 Å². The second-order valence-electron chi connectivity index (χ2n) is 12.3. The molecule has 0 saturated heterocycles. The number of rotatable bonds is 10. The summed E-state index contributed by atoms with van der Waals surface area (Å²) in [6.07, 6.45) is 7.52. The zero-order valence-electron chi connectivity index (χ0n) is 24.6. The SMILES string of the molecule is C[C@@H]1CC[C@@H](C(C)(C)c2ccc3ccccc3c2)[C@H](OC(=O)C[C@H](/C=C/c2ccccc2)NCc2ccccc2)C1. The molecule has 4 aromatic carbocycles. The number of ether oxygens (including phenoxy) is 1.